The maximum atomic E-state index is 13.4. The molecule has 41 heavy (non-hydrogen) atoms. The number of thioether (sulfide) groups is 1. The number of amides is 3. The molecule has 3 N–H and O–H groups in total. The van der Waals surface area contributed by atoms with Gasteiger partial charge >= 0.3 is 0 Å². The molecule has 1 atom stereocenters. The first kappa shape index (κ1) is 29.6. The standard InChI is InChI=1S/C33H30ClN3O3S/c1-3-30(33(40)35-26-18-12-22(2)13-19-26)41-28-11-7-10-27(21-28)36-32(39)29(20-23-14-16-25(34)17-15-23)37-31(38)24-8-5-4-6-9-24/h4-21,30H,3H2,1-2H3,(H,35,40)(H,36,39)(H,37,38)/b29-20-. The van der Waals surface area contributed by atoms with Gasteiger partial charge in [-0.15, -0.1) is 11.8 Å². The lowest BCUT2D eigenvalue weighted by molar-refractivity contribution is -0.116. The Balaban J connectivity index is 1.49. The van der Waals surface area contributed by atoms with E-state index < -0.39 is 11.8 Å². The Hall–Kier alpha value is -4.33. The summed E-state index contributed by atoms with van der Waals surface area (Å²) in [6.07, 6.45) is 2.21. The molecule has 1 unspecified atom stereocenters. The Kier molecular flexibility index (Phi) is 10.4. The molecule has 0 aliphatic heterocycles. The lowest BCUT2D eigenvalue weighted by atomic mass is 10.1. The second kappa shape index (κ2) is 14.3. The Morgan fingerprint density at radius 3 is 2.22 bits per heavy atom. The molecule has 4 rings (SSSR count). The molecular weight excluding hydrogens is 554 g/mol. The molecule has 208 valence electrons. The number of halogens is 1. The van der Waals surface area contributed by atoms with Gasteiger partial charge in [-0.25, -0.2) is 0 Å². The van der Waals surface area contributed by atoms with E-state index in [1.54, 1.807) is 60.7 Å². The first-order valence-electron chi connectivity index (χ1n) is 13.1. The first-order chi connectivity index (χ1) is 19.8. The molecule has 0 radical (unpaired) electrons. The Morgan fingerprint density at radius 2 is 1.54 bits per heavy atom. The van der Waals surface area contributed by atoms with Crippen molar-refractivity contribution in [1.29, 1.82) is 0 Å². The van der Waals surface area contributed by atoms with Crippen molar-refractivity contribution in [2.45, 2.75) is 30.4 Å². The van der Waals surface area contributed by atoms with E-state index in [0.29, 0.717) is 28.3 Å². The second-order valence-electron chi connectivity index (χ2n) is 9.28. The SMILES string of the molecule is CCC(Sc1cccc(NC(=O)/C(=C/c2ccc(Cl)cc2)NC(=O)c2ccccc2)c1)C(=O)Nc1ccc(C)cc1. The second-order valence-corrected chi connectivity index (χ2v) is 11.0. The molecular formula is C33H30ClN3O3S. The van der Waals surface area contributed by atoms with E-state index in [0.717, 1.165) is 16.1 Å². The number of hydrogen-bond acceptors (Lipinski definition) is 4. The molecule has 0 spiro atoms. The van der Waals surface area contributed by atoms with Crippen LogP contribution in [0.4, 0.5) is 11.4 Å². The smallest absolute Gasteiger partial charge is 0.272 e. The van der Waals surface area contributed by atoms with E-state index in [1.165, 1.54) is 11.8 Å². The summed E-state index contributed by atoms with van der Waals surface area (Å²) in [6, 6.07) is 30.5. The van der Waals surface area contributed by atoms with E-state index in [9.17, 15) is 14.4 Å². The predicted molar refractivity (Wildman–Crippen MR) is 168 cm³/mol. The zero-order valence-corrected chi connectivity index (χ0v) is 24.3. The van der Waals surface area contributed by atoms with Gasteiger partial charge in [0.05, 0.1) is 5.25 Å². The van der Waals surface area contributed by atoms with Gasteiger partial charge in [0.25, 0.3) is 11.8 Å². The highest BCUT2D eigenvalue weighted by Crippen LogP contribution is 2.29. The van der Waals surface area contributed by atoms with Crippen LogP contribution in [0.25, 0.3) is 6.08 Å². The highest BCUT2D eigenvalue weighted by Gasteiger charge is 2.19. The van der Waals surface area contributed by atoms with Crippen LogP contribution in [0.3, 0.4) is 0 Å². The van der Waals surface area contributed by atoms with Gasteiger partial charge in [-0.1, -0.05) is 72.6 Å². The van der Waals surface area contributed by atoms with Gasteiger partial charge < -0.3 is 16.0 Å². The van der Waals surface area contributed by atoms with Crippen molar-refractivity contribution in [3.05, 3.63) is 131 Å². The zero-order valence-electron chi connectivity index (χ0n) is 22.7. The fraction of sp³-hybridized carbons (Fsp3) is 0.121. The third-order valence-electron chi connectivity index (χ3n) is 6.06. The van der Waals surface area contributed by atoms with Gasteiger partial charge in [0.2, 0.25) is 5.91 Å². The van der Waals surface area contributed by atoms with Crippen LogP contribution in [0.2, 0.25) is 5.02 Å². The quantitative estimate of drug-likeness (QED) is 0.133. The van der Waals surface area contributed by atoms with E-state index in [-0.39, 0.29) is 16.9 Å². The van der Waals surface area contributed by atoms with Gasteiger partial charge in [0, 0.05) is 26.9 Å². The molecule has 0 aromatic heterocycles. The molecule has 6 nitrogen and oxygen atoms in total. The van der Waals surface area contributed by atoms with Crippen LogP contribution in [0.1, 0.15) is 34.8 Å². The minimum Gasteiger partial charge on any atom is -0.325 e. The van der Waals surface area contributed by atoms with Crippen LogP contribution in [0.15, 0.2) is 114 Å². The van der Waals surface area contributed by atoms with Crippen LogP contribution in [0, 0.1) is 6.92 Å². The van der Waals surface area contributed by atoms with Crippen molar-refractivity contribution in [3.8, 4) is 0 Å². The molecule has 0 saturated carbocycles. The van der Waals surface area contributed by atoms with Gasteiger partial charge in [0.15, 0.2) is 0 Å². The molecule has 8 heteroatoms. The van der Waals surface area contributed by atoms with E-state index in [2.05, 4.69) is 16.0 Å². The molecule has 0 saturated heterocycles. The molecule has 4 aromatic carbocycles. The van der Waals surface area contributed by atoms with Crippen LogP contribution in [-0.2, 0) is 9.59 Å². The van der Waals surface area contributed by atoms with Crippen molar-refractivity contribution in [2.75, 3.05) is 10.6 Å². The van der Waals surface area contributed by atoms with Gasteiger partial charge in [-0.05, 0) is 79.6 Å². The lowest BCUT2D eigenvalue weighted by Gasteiger charge is -2.16. The van der Waals surface area contributed by atoms with E-state index in [4.69, 9.17) is 11.6 Å². The van der Waals surface area contributed by atoms with Crippen molar-refractivity contribution in [3.63, 3.8) is 0 Å². The Bertz CT molecular complexity index is 1540. The number of anilines is 2. The maximum Gasteiger partial charge on any atom is 0.272 e. The van der Waals surface area contributed by atoms with Gasteiger partial charge in [-0.2, -0.15) is 0 Å². The van der Waals surface area contributed by atoms with Crippen LogP contribution < -0.4 is 16.0 Å². The van der Waals surface area contributed by atoms with E-state index in [1.807, 2.05) is 62.4 Å². The van der Waals surface area contributed by atoms with Gasteiger partial charge in [-0.3, -0.25) is 14.4 Å². The summed E-state index contributed by atoms with van der Waals surface area (Å²) in [5, 5.41) is 8.82. The Morgan fingerprint density at radius 1 is 0.829 bits per heavy atom. The summed E-state index contributed by atoms with van der Waals surface area (Å²) in [7, 11) is 0. The first-order valence-corrected chi connectivity index (χ1v) is 14.4. The fourth-order valence-corrected chi connectivity index (χ4v) is 5.00. The molecule has 4 aromatic rings. The Labute approximate surface area is 249 Å². The molecule has 0 aliphatic rings. The van der Waals surface area contributed by atoms with E-state index >= 15 is 0 Å². The number of aryl methyl sites for hydroxylation is 1. The topological polar surface area (TPSA) is 87.3 Å². The third kappa shape index (κ3) is 8.83. The lowest BCUT2D eigenvalue weighted by Crippen LogP contribution is -2.30. The van der Waals surface area contributed by atoms with Crippen LogP contribution >= 0.6 is 23.4 Å². The summed E-state index contributed by atoms with van der Waals surface area (Å²) in [6.45, 7) is 3.96. The molecule has 0 heterocycles. The summed E-state index contributed by atoms with van der Waals surface area (Å²) in [4.78, 5) is 40.0. The van der Waals surface area contributed by atoms with Gasteiger partial charge in [0.1, 0.15) is 5.70 Å². The third-order valence-corrected chi connectivity index (χ3v) is 7.67. The summed E-state index contributed by atoms with van der Waals surface area (Å²) < 4.78 is 0. The number of hydrogen-bond donors (Lipinski definition) is 3. The number of carbonyl (C=O) groups excluding carboxylic acids is 3. The zero-order chi connectivity index (χ0) is 29.2. The fourth-order valence-electron chi connectivity index (χ4n) is 3.86. The number of carbonyl (C=O) groups is 3. The summed E-state index contributed by atoms with van der Waals surface area (Å²) >= 11 is 7.43. The maximum absolute atomic E-state index is 13.4. The number of benzene rings is 4. The molecule has 3 amide bonds. The number of nitrogens with one attached hydrogen (secondary N) is 3. The molecule has 0 fully saturated rings. The highest BCUT2D eigenvalue weighted by atomic mass is 35.5. The van der Waals surface area contributed by atoms with Crippen LogP contribution in [-0.4, -0.2) is 23.0 Å². The normalized spacial score (nSPS) is 11.8. The summed E-state index contributed by atoms with van der Waals surface area (Å²) in [5.41, 5.74) is 3.60. The minimum absolute atomic E-state index is 0.0724. The largest absolute Gasteiger partial charge is 0.325 e. The average molecular weight is 584 g/mol. The monoisotopic (exact) mass is 583 g/mol. The van der Waals surface area contributed by atoms with Crippen LogP contribution in [0.5, 0.6) is 0 Å². The highest BCUT2D eigenvalue weighted by molar-refractivity contribution is 8.00. The predicted octanol–water partition coefficient (Wildman–Crippen LogP) is 7.57. The van der Waals surface area contributed by atoms with Crippen molar-refractivity contribution in [1.82, 2.24) is 5.32 Å². The van der Waals surface area contributed by atoms with Crippen molar-refractivity contribution < 1.29 is 14.4 Å². The van der Waals surface area contributed by atoms with Crippen molar-refractivity contribution >= 4 is 58.5 Å². The summed E-state index contributed by atoms with van der Waals surface area (Å²) in [5.74, 6) is -0.987. The number of rotatable bonds is 10. The molecule has 0 aliphatic carbocycles. The van der Waals surface area contributed by atoms with Crippen molar-refractivity contribution in [2.24, 2.45) is 0 Å². The average Bonchev–Trinajstić information content (AvgIpc) is 2.98. The minimum atomic E-state index is -0.490. The molecule has 0 bridgehead atoms.